The molecule has 1 heterocycles. The predicted octanol–water partition coefficient (Wildman–Crippen LogP) is 5.44. The molecular formula is C25H37N3O3. The van der Waals surface area contributed by atoms with Crippen LogP contribution in [0.1, 0.15) is 53.8 Å². The number of rotatable bonds is 8. The number of nitrogens with one attached hydrogen (secondary N) is 2. The molecule has 2 aromatic rings. The molecule has 2 rings (SSSR count). The Morgan fingerprint density at radius 3 is 2.35 bits per heavy atom. The summed E-state index contributed by atoms with van der Waals surface area (Å²) in [7, 11) is 0. The van der Waals surface area contributed by atoms with E-state index in [0.29, 0.717) is 5.82 Å². The number of carboxylic acids is 1. The molecule has 0 spiro atoms. The van der Waals surface area contributed by atoms with Crippen molar-refractivity contribution < 1.29 is 14.7 Å². The average Bonchev–Trinajstić information content (AvgIpc) is 3.15. The van der Waals surface area contributed by atoms with Gasteiger partial charge in [0.05, 0.1) is 11.0 Å². The van der Waals surface area contributed by atoms with Gasteiger partial charge in [-0.15, -0.1) is 6.58 Å². The smallest absolute Gasteiger partial charge is 0.326 e. The first-order valence-corrected chi connectivity index (χ1v) is 10.7. The Labute approximate surface area is 186 Å². The third-order valence-corrected chi connectivity index (χ3v) is 4.22. The molecule has 3 N–H and O–H groups in total. The van der Waals surface area contributed by atoms with Gasteiger partial charge in [0.15, 0.2) is 0 Å². The molecule has 1 aromatic heterocycles. The van der Waals surface area contributed by atoms with Crippen LogP contribution in [-0.2, 0) is 16.0 Å². The molecule has 0 bridgehead atoms. The minimum Gasteiger partial charge on any atom is -0.480 e. The van der Waals surface area contributed by atoms with Crippen molar-refractivity contribution in [2.45, 2.75) is 60.4 Å². The topological polar surface area (TPSA) is 95.1 Å². The van der Waals surface area contributed by atoms with Crippen molar-refractivity contribution in [1.82, 2.24) is 15.3 Å². The number of hydrogen-bond acceptors (Lipinski definition) is 3. The highest BCUT2D eigenvalue weighted by atomic mass is 16.4. The Hall–Kier alpha value is -3.15. The van der Waals surface area contributed by atoms with E-state index in [4.69, 9.17) is 0 Å². The number of H-pyrrole nitrogens is 1. The average molecular weight is 428 g/mol. The van der Waals surface area contributed by atoms with E-state index in [9.17, 15) is 14.7 Å². The fourth-order valence-corrected chi connectivity index (χ4v) is 2.88. The van der Waals surface area contributed by atoms with Crippen LogP contribution in [0.2, 0.25) is 0 Å². The van der Waals surface area contributed by atoms with Gasteiger partial charge in [0.1, 0.15) is 11.9 Å². The van der Waals surface area contributed by atoms with Crippen molar-refractivity contribution in [3.63, 3.8) is 0 Å². The number of allylic oxidation sites excluding steroid dienone is 5. The second kappa shape index (κ2) is 15.7. The van der Waals surface area contributed by atoms with Gasteiger partial charge in [0, 0.05) is 12.8 Å². The number of nitrogens with zero attached hydrogens (tertiary/aromatic N) is 1. The number of fused-ring (bicyclic) bond motifs is 1. The van der Waals surface area contributed by atoms with E-state index in [0.717, 1.165) is 16.6 Å². The van der Waals surface area contributed by atoms with Crippen LogP contribution in [0.4, 0.5) is 0 Å². The highest BCUT2D eigenvalue weighted by Gasteiger charge is 2.23. The third kappa shape index (κ3) is 9.94. The number of para-hydroxylation sites is 2. The summed E-state index contributed by atoms with van der Waals surface area (Å²) >= 11 is 0. The van der Waals surface area contributed by atoms with Crippen LogP contribution < -0.4 is 5.32 Å². The lowest BCUT2D eigenvalue weighted by Gasteiger charge is -2.16. The Kier molecular flexibility index (Phi) is 14.1. The van der Waals surface area contributed by atoms with Gasteiger partial charge in [-0.25, -0.2) is 9.78 Å². The zero-order chi connectivity index (χ0) is 23.8. The largest absolute Gasteiger partial charge is 0.480 e. The maximum absolute atomic E-state index is 12.3. The second-order valence-corrected chi connectivity index (χ2v) is 6.67. The lowest BCUT2D eigenvalue weighted by atomic mass is 9.96. The van der Waals surface area contributed by atoms with Crippen LogP contribution in [0.25, 0.3) is 11.0 Å². The standard InChI is InChI=1S/C20H25N3O3.C3H6.C2H6/c1-4-8-14(5-2)13(3)11-19(24)23-17(20(25)26)12-18-21-15-9-6-7-10-16(15)22-18;1-3-2;1-2/h4-10,13,17H,11-12H2,1-3H3,(H,21,22)(H,23,24)(H,25,26);3H,1H2,2H3;1-2H3/b8-4-,14-5+;;. The summed E-state index contributed by atoms with van der Waals surface area (Å²) in [6.07, 6.45) is 7.93. The van der Waals surface area contributed by atoms with Crippen LogP contribution in [0.3, 0.4) is 0 Å². The molecule has 0 radical (unpaired) electrons. The first kappa shape index (κ1) is 27.8. The van der Waals surface area contributed by atoms with Crippen LogP contribution >= 0.6 is 0 Å². The Morgan fingerprint density at radius 2 is 1.84 bits per heavy atom. The van der Waals surface area contributed by atoms with E-state index >= 15 is 0 Å². The maximum atomic E-state index is 12.3. The predicted molar refractivity (Wildman–Crippen MR) is 129 cm³/mol. The SMILES string of the molecule is C/C=C\C(=C/C)C(C)CC(=O)NC(Cc1nc2ccccc2[nH]1)C(=O)O.C=CC.CC. The second-order valence-electron chi connectivity index (χ2n) is 6.67. The van der Waals surface area contributed by atoms with Gasteiger partial charge < -0.3 is 15.4 Å². The Balaban J connectivity index is 0.00000165. The molecular weight excluding hydrogens is 390 g/mol. The fraction of sp³-hybridized carbons (Fsp3) is 0.400. The van der Waals surface area contributed by atoms with Gasteiger partial charge in [-0.1, -0.05) is 57.2 Å². The quantitative estimate of drug-likeness (QED) is 0.386. The van der Waals surface area contributed by atoms with E-state index < -0.39 is 12.0 Å². The van der Waals surface area contributed by atoms with E-state index in [2.05, 4.69) is 21.9 Å². The molecule has 31 heavy (non-hydrogen) atoms. The molecule has 170 valence electrons. The third-order valence-electron chi connectivity index (χ3n) is 4.22. The molecule has 1 amide bonds. The normalized spacial score (nSPS) is 12.8. The summed E-state index contributed by atoms with van der Waals surface area (Å²) in [6, 6.07) is 6.46. The van der Waals surface area contributed by atoms with E-state index in [-0.39, 0.29) is 24.7 Å². The molecule has 6 heteroatoms. The maximum Gasteiger partial charge on any atom is 0.326 e. The molecule has 0 saturated carbocycles. The van der Waals surface area contributed by atoms with Crippen molar-refractivity contribution >= 4 is 22.9 Å². The number of carboxylic acid groups (broad SMARTS) is 1. The number of aliphatic carboxylic acids is 1. The van der Waals surface area contributed by atoms with Gasteiger partial charge in [0.2, 0.25) is 5.91 Å². The zero-order valence-corrected chi connectivity index (χ0v) is 19.6. The summed E-state index contributed by atoms with van der Waals surface area (Å²) < 4.78 is 0. The Morgan fingerprint density at radius 1 is 1.23 bits per heavy atom. The first-order valence-electron chi connectivity index (χ1n) is 10.7. The number of carbonyl (C=O) groups is 2. The molecule has 2 unspecified atom stereocenters. The summed E-state index contributed by atoms with van der Waals surface area (Å²) in [6.45, 7) is 15.0. The van der Waals surface area contributed by atoms with Gasteiger partial charge in [-0.2, -0.15) is 0 Å². The number of amides is 1. The summed E-state index contributed by atoms with van der Waals surface area (Å²) in [4.78, 5) is 31.3. The number of aromatic amines is 1. The minimum atomic E-state index is -1.08. The molecule has 6 nitrogen and oxygen atoms in total. The van der Waals surface area contributed by atoms with Gasteiger partial charge in [0.25, 0.3) is 0 Å². The monoisotopic (exact) mass is 427 g/mol. The van der Waals surface area contributed by atoms with E-state index in [1.54, 1.807) is 6.08 Å². The molecule has 0 aliphatic heterocycles. The number of benzene rings is 1. The van der Waals surface area contributed by atoms with Gasteiger partial charge >= 0.3 is 5.97 Å². The summed E-state index contributed by atoms with van der Waals surface area (Å²) in [5.74, 6) is -0.817. The summed E-state index contributed by atoms with van der Waals surface area (Å²) in [5.41, 5.74) is 2.66. The molecule has 0 aliphatic rings. The number of carbonyl (C=O) groups excluding carboxylic acids is 1. The summed E-state index contributed by atoms with van der Waals surface area (Å²) in [5, 5.41) is 12.1. The van der Waals surface area contributed by atoms with Crippen LogP contribution in [0, 0.1) is 5.92 Å². The molecule has 0 aliphatic carbocycles. The molecule has 0 saturated heterocycles. The Bertz CT molecular complexity index is 848. The lowest BCUT2D eigenvalue weighted by molar-refractivity contribution is -0.141. The minimum absolute atomic E-state index is 0.0110. The lowest BCUT2D eigenvalue weighted by Crippen LogP contribution is -2.43. The molecule has 2 atom stereocenters. The van der Waals surface area contributed by atoms with Crippen molar-refractivity contribution in [1.29, 1.82) is 0 Å². The van der Waals surface area contributed by atoms with Crippen molar-refractivity contribution in [3.05, 3.63) is 66.5 Å². The highest BCUT2D eigenvalue weighted by Crippen LogP contribution is 2.16. The van der Waals surface area contributed by atoms with E-state index in [1.807, 2.05) is 84.0 Å². The number of hydrogen-bond donors (Lipinski definition) is 3. The van der Waals surface area contributed by atoms with Crippen LogP contribution in [-0.4, -0.2) is 33.0 Å². The van der Waals surface area contributed by atoms with Crippen LogP contribution in [0.5, 0.6) is 0 Å². The van der Waals surface area contributed by atoms with E-state index in [1.165, 1.54) is 0 Å². The number of aromatic nitrogens is 2. The molecule has 0 fully saturated rings. The van der Waals surface area contributed by atoms with Crippen molar-refractivity contribution in [2.24, 2.45) is 5.92 Å². The van der Waals surface area contributed by atoms with Crippen molar-refractivity contribution in [3.8, 4) is 0 Å². The van der Waals surface area contributed by atoms with Gasteiger partial charge in [-0.05, 0) is 44.4 Å². The highest BCUT2D eigenvalue weighted by molar-refractivity contribution is 5.84. The zero-order valence-electron chi connectivity index (χ0n) is 19.6. The fourth-order valence-electron chi connectivity index (χ4n) is 2.88. The van der Waals surface area contributed by atoms with Crippen molar-refractivity contribution in [2.75, 3.05) is 0 Å². The molecule has 1 aromatic carbocycles. The number of imidazole rings is 1. The van der Waals surface area contributed by atoms with Gasteiger partial charge in [-0.3, -0.25) is 4.79 Å². The first-order chi connectivity index (χ1) is 14.9. The van der Waals surface area contributed by atoms with Crippen LogP contribution in [0.15, 0.2) is 60.7 Å².